The van der Waals surface area contributed by atoms with Crippen molar-refractivity contribution in [2.75, 3.05) is 13.1 Å². The Morgan fingerprint density at radius 2 is 1.83 bits per heavy atom. The zero-order chi connectivity index (χ0) is 16.4. The molecule has 1 aliphatic rings. The van der Waals surface area contributed by atoms with Crippen LogP contribution in [0.15, 0.2) is 61.2 Å². The number of para-hydroxylation sites is 1. The van der Waals surface area contributed by atoms with Gasteiger partial charge in [-0.3, -0.25) is 4.90 Å². The molecule has 0 radical (unpaired) electrons. The summed E-state index contributed by atoms with van der Waals surface area (Å²) in [5.41, 5.74) is 2.25. The first-order chi connectivity index (χ1) is 11.8. The number of nitrogens with zero attached hydrogens (tertiary/aromatic N) is 2. The van der Waals surface area contributed by atoms with Gasteiger partial charge in [-0.1, -0.05) is 41.7 Å². The van der Waals surface area contributed by atoms with Crippen molar-refractivity contribution in [1.82, 2.24) is 9.88 Å². The summed E-state index contributed by atoms with van der Waals surface area (Å²) in [6, 6.07) is 16.7. The zero-order valence-corrected chi connectivity index (χ0v) is 14.3. The van der Waals surface area contributed by atoms with E-state index >= 15 is 0 Å². The Morgan fingerprint density at radius 3 is 2.54 bits per heavy atom. The summed E-state index contributed by atoms with van der Waals surface area (Å²) in [5.74, 6) is 0.821. The fourth-order valence-corrected chi connectivity index (χ4v) is 4.08. The highest BCUT2D eigenvalue weighted by molar-refractivity contribution is 7.20. The fraction of sp³-hybridized carbons (Fsp3) is 0.250. The number of hydrogen-bond donors (Lipinski definition) is 0. The third kappa shape index (κ3) is 3.07. The number of likely N-dealkylation sites (tertiary alicyclic amines) is 1. The van der Waals surface area contributed by atoms with E-state index < -0.39 is 0 Å². The number of thiazole rings is 1. The second-order valence-corrected chi connectivity index (χ2v) is 7.04. The summed E-state index contributed by atoms with van der Waals surface area (Å²) in [7, 11) is 0. The molecule has 1 atom stereocenters. The van der Waals surface area contributed by atoms with Crippen molar-refractivity contribution >= 4 is 21.6 Å². The lowest BCUT2D eigenvalue weighted by molar-refractivity contribution is 0.288. The molecule has 0 bridgehead atoms. The molecule has 1 saturated heterocycles. The van der Waals surface area contributed by atoms with Crippen LogP contribution in [-0.2, 0) is 0 Å². The second-order valence-electron chi connectivity index (χ2n) is 6.04. The third-order valence-electron chi connectivity index (χ3n) is 4.46. The van der Waals surface area contributed by atoms with E-state index in [1.807, 2.05) is 36.4 Å². The first-order valence-electron chi connectivity index (χ1n) is 8.33. The summed E-state index contributed by atoms with van der Waals surface area (Å²) in [4.78, 5) is 7.00. The first-order valence-corrected chi connectivity index (χ1v) is 9.15. The van der Waals surface area contributed by atoms with Gasteiger partial charge >= 0.3 is 0 Å². The van der Waals surface area contributed by atoms with Crippen molar-refractivity contribution in [3.8, 4) is 10.9 Å². The van der Waals surface area contributed by atoms with Crippen LogP contribution in [0.4, 0.5) is 0 Å². The van der Waals surface area contributed by atoms with Crippen molar-refractivity contribution in [2.45, 2.75) is 18.9 Å². The minimum absolute atomic E-state index is 0.295. The molecule has 3 nitrogen and oxygen atoms in total. The standard InChI is InChI=1S/C20H20N2OS/c1-2-18(22-13-5-6-14-22)15-9-11-16(12-10-15)23-20-21-17-7-3-4-8-19(17)24-20/h2-4,7-12,18H,1,5-6,13-14H2. The minimum Gasteiger partial charge on any atom is -0.431 e. The summed E-state index contributed by atoms with van der Waals surface area (Å²) in [5, 5.41) is 0.684. The number of ether oxygens (including phenoxy) is 1. The molecule has 0 spiro atoms. The van der Waals surface area contributed by atoms with Crippen molar-refractivity contribution in [2.24, 2.45) is 0 Å². The summed E-state index contributed by atoms with van der Waals surface area (Å²) >= 11 is 1.57. The van der Waals surface area contributed by atoms with Gasteiger partial charge in [0.05, 0.1) is 16.3 Å². The third-order valence-corrected chi connectivity index (χ3v) is 5.37. The molecular weight excluding hydrogens is 316 g/mol. The van der Waals surface area contributed by atoms with Crippen molar-refractivity contribution < 1.29 is 4.74 Å². The monoisotopic (exact) mass is 336 g/mol. The first kappa shape index (κ1) is 15.4. The van der Waals surface area contributed by atoms with Gasteiger partial charge in [-0.25, -0.2) is 4.98 Å². The van der Waals surface area contributed by atoms with Gasteiger partial charge in [-0.05, 0) is 55.8 Å². The molecule has 24 heavy (non-hydrogen) atoms. The lowest BCUT2D eigenvalue weighted by Gasteiger charge is -2.24. The van der Waals surface area contributed by atoms with E-state index in [4.69, 9.17) is 4.74 Å². The van der Waals surface area contributed by atoms with Gasteiger partial charge < -0.3 is 4.74 Å². The maximum atomic E-state index is 5.93. The van der Waals surface area contributed by atoms with Crippen LogP contribution in [0.3, 0.4) is 0 Å². The molecule has 4 rings (SSSR count). The average molecular weight is 336 g/mol. The zero-order valence-electron chi connectivity index (χ0n) is 13.5. The van der Waals surface area contributed by atoms with Crippen LogP contribution >= 0.6 is 11.3 Å². The molecule has 0 amide bonds. The van der Waals surface area contributed by atoms with Crippen LogP contribution in [0.2, 0.25) is 0 Å². The van der Waals surface area contributed by atoms with E-state index in [0.717, 1.165) is 29.1 Å². The Hall–Kier alpha value is -2.17. The minimum atomic E-state index is 0.295. The van der Waals surface area contributed by atoms with Gasteiger partial charge in [0.1, 0.15) is 5.75 Å². The molecule has 122 valence electrons. The van der Waals surface area contributed by atoms with Gasteiger partial charge in [0.2, 0.25) is 0 Å². The molecule has 0 aliphatic carbocycles. The highest BCUT2D eigenvalue weighted by atomic mass is 32.1. The number of fused-ring (bicyclic) bond motifs is 1. The summed E-state index contributed by atoms with van der Waals surface area (Å²) in [6.45, 7) is 6.32. The van der Waals surface area contributed by atoms with Gasteiger partial charge in [-0.2, -0.15) is 0 Å². The normalized spacial score (nSPS) is 16.3. The lowest BCUT2D eigenvalue weighted by atomic mass is 10.1. The van der Waals surface area contributed by atoms with Crippen LogP contribution in [-0.4, -0.2) is 23.0 Å². The van der Waals surface area contributed by atoms with Crippen molar-refractivity contribution in [3.05, 3.63) is 66.7 Å². The Balaban J connectivity index is 1.51. The molecule has 0 N–H and O–H groups in total. The predicted octanol–water partition coefficient (Wildman–Crippen LogP) is 5.41. The Kier molecular flexibility index (Phi) is 4.32. The molecule has 1 unspecified atom stereocenters. The fourth-order valence-electron chi connectivity index (χ4n) is 3.24. The van der Waals surface area contributed by atoms with Crippen LogP contribution in [0.1, 0.15) is 24.4 Å². The van der Waals surface area contributed by atoms with E-state index in [0.29, 0.717) is 11.2 Å². The number of rotatable bonds is 5. The van der Waals surface area contributed by atoms with Crippen LogP contribution < -0.4 is 4.74 Å². The largest absolute Gasteiger partial charge is 0.431 e. The molecule has 2 heterocycles. The smallest absolute Gasteiger partial charge is 0.279 e. The number of benzene rings is 2. The molecule has 0 saturated carbocycles. The van der Waals surface area contributed by atoms with E-state index in [1.165, 1.54) is 18.4 Å². The van der Waals surface area contributed by atoms with E-state index in [2.05, 4.69) is 34.7 Å². The Labute approximate surface area is 146 Å². The van der Waals surface area contributed by atoms with Crippen LogP contribution in [0, 0.1) is 0 Å². The molecule has 2 aromatic carbocycles. The van der Waals surface area contributed by atoms with Gasteiger partial charge in [-0.15, -0.1) is 6.58 Å². The highest BCUT2D eigenvalue weighted by Gasteiger charge is 2.20. The van der Waals surface area contributed by atoms with Crippen molar-refractivity contribution in [3.63, 3.8) is 0 Å². The number of aromatic nitrogens is 1. The molecule has 1 fully saturated rings. The van der Waals surface area contributed by atoms with E-state index in [1.54, 1.807) is 11.3 Å². The molecule has 1 aromatic heterocycles. The molecule has 1 aliphatic heterocycles. The van der Waals surface area contributed by atoms with Crippen LogP contribution in [0.25, 0.3) is 10.2 Å². The van der Waals surface area contributed by atoms with Crippen molar-refractivity contribution in [1.29, 1.82) is 0 Å². The Bertz CT molecular complexity index is 801. The summed E-state index contributed by atoms with van der Waals surface area (Å²) in [6.07, 6.45) is 4.60. The SMILES string of the molecule is C=CC(c1ccc(Oc2nc3ccccc3s2)cc1)N1CCCC1. The van der Waals surface area contributed by atoms with Crippen LogP contribution in [0.5, 0.6) is 10.9 Å². The summed E-state index contributed by atoms with van der Waals surface area (Å²) < 4.78 is 7.07. The highest BCUT2D eigenvalue weighted by Crippen LogP contribution is 2.32. The quantitative estimate of drug-likeness (QED) is 0.582. The maximum Gasteiger partial charge on any atom is 0.279 e. The van der Waals surface area contributed by atoms with E-state index in [-0.39, 0.29) is 0 Å². The molecule has 3 aromatic rings. The van der Waals surface area contributed by atoms with E-state index in [9.17, 15) is 0 Å². The average Bonchev–Trinajstić information content (AvgIpc) is 3.26. The maximum absolute atomic E-state index is 5.93. The number of hydrogen-bond acceptors (Lipinski definition) is 4. The second kappa shape index (κ2) is 6.75. The molecular formula is C20H20N2OS. The van der Waals surface area contributed by atoms with Gasteiger partial charge in [0.15, 0.2) is 0 Å². The van der Waals surface area contributed by atoms with Gasteiger partial charge in [0, 0.05) is 0 Å². The van der Waals surface area contributed by atoms with Gasteiger partial charge in [0.25, 0.3) is 5.19 Å². The Morgan fingerprint density at radius 1 is 1.08 bits per heavy atom. The predicted molar refractivity (Wildman–Crippen MR) is 99.9 cm³/mol. The lowest BCUT2D eigenvalue weighted by Crippen LogP contribution is -2.23. The topological polar surface area (TPSA) is 25.4 Å². The molecule has 4 heteroatoms.